The van der Waals surface area contributed by atoms with E-state index in [1.165, 1.54) is 0 Å². The molecule has 0 saturated heterocycles. The molecule has 5 rings (SSSR count). The lowest BCUT2D eigenvalue weighted by atomic mass is 9.81. The van der Waals surface area contributed by atoms with Crippen LogP contribution in [0.15, 0.2) is 67.0 Å². The van der Waals surface area contributed by atoms with E-state index in [0.717, 1.165) is 28.3 Å². The van der Waals surface area contributed by atoms with Crippen LogP contribution >= 0.6 is 0 Å². The fourth-order valence-corrected chi connectivity index (χ4v) is 3.93. The number of benzene rings is 1. The van der Waals surface area contributed by atoms with Gasteiger partial charge in [-0.15, -0.1) is 0 Å². The maximum Gasteiger partial charge on any atom is 0.255 e. The number of anilines is 1. The molecule has 6 nitrogen and oxygen atoms in total. The van der Waals surface area contributed by atoms with Crippen molar-refractivity contribution in [1.29, 1.82) is 0 Å². The monoisotopic (exact) mass is 422 g/mol. The molecule has 1 saturated carbocycles. The molecule has 4 aromatic rings. The third-order valence-electron chi connectivity index (χ3n) is 5.79. The third kappa shape index (κ3) is 3.95. The van der Waals surface area contributed by atoms with Gasteiger partial charge in [0.1, 0.15) is 11.4 Å². The maximum absolute atomic E-state index is 12.7. The first-order valence-corrected chi connectivity index (χ1v) is 10.6. The maximum atomic E-state index is 12.7. The average molecular weight is 422 g/mol. The molecule has 6 heteroatoms. The molecule has 1 N–H and O–H groups in total. The highest BCUT2D eigenvalue weighted by atomic mass is 16.1. The Bertz CT molecular complexity index is 1330. The molecule has 0 radical (unpaired) electrons. The van der Waals surface area contributed by atoms with E-state index < -0.39 is 0 Å². The molecule has 3 aromatic heterocycles. The van der Waals surface area contributed by atoms with Crippen molar-refractivity contribution in [3.05, 3.63) is 95.2 Å². The molecule has 0 unspecified atom stereocenters. The summed E-state index contributed by atoms with van der Waals surface area (Å²) in [6.07, 6.45) is 8.68. The Hall–Kier alpha value is -4.06. The number of Topliss-reactive ketones (excluding diaryl/α,β-unsaturated/α-hetero) is 1. The summed E-state index contributed by atoms with van der Waals surface area (Å²) in [5, 5.41) is 2.96. The second kappa shape index (κ2) is 8.23. The van der Waals surface area contributed by atoms with Crippen LogP contribution in [0, 0.1) is 6.92 Å². The van der Waals surface area contributed by atoms with Crippen LogP contribution in [0.25, 0.3) is 17.8 Å². The lowest BCUT2D eigenvalue weighted by molar-refractivity contribution is -0.124. The van der Waals surface area contributed by atoms with E-state index in [0.29, 0.717) is 24.1 Å². The van der Waals surface area contributed by atoms with Crippen molar-refractivity contribution in [2.45, 2.75) is 25.7 Å². The van der Waals surface area contributed by atoms with Gasteiger partial charge in [0.25, 0.3) is 5.91 Å². The van der Waals surface area contributed by atoms with Crippen molar-refractivity contribution < 1.29 is 9.59 Å². The van der Waals surface area contributed by atoms with Gasteiger partial charge >= 0.3 is 0 Å². The first-order chi connectivity index (χ1) is 15.6. The highest BCUT2D eigenvalue weighted by molar-refractivity contribution is 6.04. The summed E-state index contributed by atoms with van der Waals surface area (Å²) in [5.74, 6) is 0.329. The topological polar surface area (TPSA) is 76.4 Å². The average Bonchev–Trinajstić information content (AvgIpc) is 3.12. The molecule has 1 fully saturated rings. The normalized spacial score (nSPS) is 14.1. The van der Waals surface area contributed by atoms with E-state index in [9.17, 15) is 9.59 Å². The van der Waals surface area contributed by atoms with Gasteiger partial charge in [0.05, 0.1) is 17.1 Å². The smallest absolute Gasteiger partial charge is 0.255 e. The van der Waals surface area contributed by atoms with Crippen LogP contribution < -0.4 is 5.32 Å². The van der Waals surface area contributed by atoms with E-state index in [1.54, 1.807) is 18.3 Å². The number of rotatable bonds is 5. The van der Waals surface area contributed by atoms with Gasteiger partial charge in [0, 0.05) is 42.4 Å². The van der Waals surface area contributed by atoms with Crippen LogP contribution in [0.1, 0.15) is 51.8 Å². The molecule has 158 valence electrons. The molecule has 32 heavy (non-hydrogen) atoms. The summed E-state index contributed by atoms with van der Waals surface area (Å²) in [5.41, 5.74) is 5.95. The first-order valence-electron chi connectivity index (χ1n) is 10.6. The predicted octanol–water partition coefficient (Wildman–Crippen LogP) is 4.91. The number of imidazole rings is 1. The number of ketones is 1. The van der Waals surface area contributed by atoms with Gasteiger partial charge in [-0.2, -0.15) is 0 Å². The Kier molecular flexibility index (Phi) is 5.11. The third-order valence-corrected chi connectivity index (χ3v) is 5.79. The highest BCUT2D eigenvalue weighted by Gasteiger charge is 2.31. The van der Waals surface area contributed by atoms with Gasteiger partial charge in [0.2, 0.25) is 0 Å². The quantitative estimate of drug-likeness (QED) is 0.496. The lowest BCUT2D eigenvalue weighted by Crippen LogP contribution is -2.22. The molecule has 0 atom stereocenters. The van der Waals surface area contributed by atoms with Crippen LogP contribution in [-0.2, 0) is 4.79 Å². The molecule has 3 heterocycles. The number of aromatic nitrogens is 3. The molecule has 0 bridgehead atoms. The van der Waals surface area contributed by atoms with E-state index in [-0.39, 0.29) is 17.6 Å². The van der Waals surface area contributed by atoms with Crippen LogP contribution in [0.5, 0.6) is 0 Å². The fraction of sp³-hybridized carbons (Fsp3) is 0.154. The number of pyridine rings is 2. The zero-order valence-electron chi connectivity index (χ0n) is 17.7. The Morgan fingerprint density at radius 2 is 1.88 bits per heavy atom. The second-order valence-corrected chi connectivity index (χ2v) is 8.04. The Labute approximate surface area is 185 Å². The minimum Gasteiger partial charge on any atom is -0.321 e. The van der Waals surface area contributed by atoms with Crippen LogP contribution in [0.2, 0.25) is 0 Å². The summed E-state index contributed by atoms with van der Waals surface area (Å²) >= 11 is 0. The summed E-state index contributed by atoms with van der Waals surface area (Å²) in [7, 11) is 0. The van der Waals surface area contributed by atoms with Gasteiger partial charge in [-0.1, -0.05) is 24.3 Å². The minimum atomic E-state index is -0.174. The number of nitrogens with one attached hydrogen (secondary N) is 1. The van der Waals surface area contributed by atoms with E-state index in [2.05, 4.69) is 15.3 Å². The van der Waals surface area contributed by atoms with Gasteiger partial charge < -0.3 is 9.72 Å². The molecular formula is C26H22N4O2. The van der Waals surface area contributed by atoms with Crippen LogP contribution in [-0.4, -0.2) is 26.1 Å². The molecule has 0 spiro atoms. The molecular weight excluding hydrogens is 400 g/mol. The van der Waals surface area contributed by atoms with Crippen molar-refractivity contribution in [3.8, 4) is 0 Å². The van der Waals surface area contributed by atoms with Crippen molar-refractivity contribution in [1.82, 2.24) is 14.4 Å². The fourth-order valence-electron chi connectivity index (χ4n) is 3.93. The van der Waals surface area contributed by atoms with Crippen molar-refractivity contribution >= 4 is 35.2 Å². The molecule has 1 aliphatic rings. The van der Waals surface area contributed by atoms with Crippen molar-refractivity contribution in [2.24, 2.45) is 0 Å². The Morgan fingerprint density at radius 3 is 2.59 bits per heavy atom. The van der Waals surface area contributed by atoms with Crippen molar-refractivity contribution in [3.63, 3.8) is 0 Å². The summed E-state index contributed by atoms with van der Waals surface area (Å²) in [4.78, 5) is 33.0. The summed E-state index contributed by atoms with van der Waals surface area (Å²) in [6.45, 7) is 2.00. The number of fused-ring (bicyclic) bond motifs is 1. The first kappa shape index (κ1) is 19.9. The Morgan fingerprint density at radius 1 is 1.06 bits per heavy atom. The SMILES string of the molecule is Cc1c(C2CC(=O)C2)nc2ccc(NC(=O)c3ccc(/C=C/c4ccccn4)cc3)cn12. The van der Waals surface area contributed by atoms with Gasteiger partial charge in [-0.3, -0.25) is 14.6 Å². The standard InChI is InChI=1S/C26H22N4O2/c1-17-25(20-14-23(31)15-20)29-24-12-11-22(16-30(17)24)28-26(32)19-8-5-18(6-9-19)7-10-21-4-2-3-13-27-21/h2-13,16,20H,14-15H2,1H3,(H,28,32)/b10-7+. The van der Waals surface area contributed by atoms with Crippen LogP contribution in [0.3, 0.4) is 0 Å². The van der Waals surface area contributed by atoms with Gasteiger partial charge in [0.15, 0.2) is 0 Å². The predicted molar refractivity (Wildman–Crippen MR) is 124 cm³/mol. The number of nitrogens with zero attached hydrogens (tertiary/aromatic N) is 3. The van der Waals surface area contributed by atoms with Crippen LogP contribution in [0.4, 0.5) is 5.69 Å². The molecule has 1 amide bonds. The van der Waals surface area contributed by atoms with Crippen molar-refractivity contribution in [2.75, 3.05) is 5.32 Å². The summed E-state index contributed by atoms with van der Waals surface area (Å²) in [6, 6.07) is 16.9. The summed E-state index contributed by atoms with van der Waals surface area (Å²) < 4.78 is 1.97. The molecule has 0 aliphatic heterocycles. The molecule has 1 aliphatic carbocycles. The lowest BCUT2D eigenvalue weighted by Gasteiger charge is -2.22. The Balaban J connectivity index is 1.29. The number of aryl methyl sites for hydroxylation is 1. The number of carbonyl (C=O) groups excluding carboxylic acids is 2. The zero-order chi connectivity index (χ0) is 22.1. The van der Waals surface area contributed by atoms with E-state index >= 15 is 0 Å². The number of hydrogen-bond acceptors (Lipinski definition) is 4. The highest BCUT2D eigenvalue weighted by Crippen LogP contribution is 2.35. The van der Waals surface area contributed by atoms with E-state index in [4.69, 9.17) is 0 Å². The minimum absolute atomic E-state index is 0.174. The largest absolute Gasteiger partial charge is 0.321 e. The molecule has 1 aromatic carbocycles. The zero-order valence-corrected chi connectivity index (χ0v) is 17.7. The van der Waals surface area contributed by atoms with Gasteiger partial charge in [-0.25, -0.2) is 4.98 Å². The van der Waals surface area contributed by atoms with Gasteiger partial charge in [-0.05, 0) is 55.0 Å². The number of hydrogen-bond donors (Lipinski definition) is 1. The number of carbonyl (C=O) groups is 2. The van der Waals surface area contributed by atoms with E-state index in [1.807, 2.05) is 72.1 Å². The second-order valence-electron chi connectivity index (χ2n) is 8.04. The number of amides is 1.